The van der Waals surface area contributed by atoms with Crippen LogP contribution in [0.15, 0.2) is 33.7 Å². The summed E-state index contributed by atoms with van der Waals surface area (Å²) >= 11 is 3.47. The average molecular weight is 511 g/mol. The molecule has 0 aliphatic carbocycles. The highest BCUT2D eigenvalue weighted by Gasteiger charge is 2.06. The number of unbranched alkanes of at least 4 members (excludes halogenated alkanes) is 1. The Bertz CT molecular complexity index is 461. The molecule has 1 aromatic rings. The summed E-state index contributed by atoms with van der Waals surface area (Å²) in [7, 11) is 3.92. The summed E-state index contributed by atoms with van der Waals surface area (Å²) in [5.41, 5.74) is 1.28. The van der Waals surface area contributed by atoms with Crippen LogP contribution in [-0.2, 0) is 6.54 Å². The highest BCUT2D eigenvalue weighted by atomic mass is 127. The molecule has 0 radical (unpaired) electrons. The van der Waals surface area contributed by atoms with Crippen molar-refractivity contribution >= 4 is 45.9 Å². The molecule has 0 saturated heterocycles. The first kappa shape index (κ1) is 23.7. The van der Waals surface area contributed by atoms with Crippen LogP contribution in [0.4, 0.5) is 0 Å². The van der Waals surface area contributed by atoms with Crippen LogP contribution in [0.25, 0.3) is 0 Å². The predicted molar refractivity (Wildman–Crippen MR) is 119 cm³/mol. The summed E-state index contributed by atoms with van der Waals surface area (Å²) in [5.74, 6) is 0.954. The van der Waals surface area contributed by atoms with Gasteiger partial charge in [-0.2, -0.15) is 0 Å². The van der Waals surface area contributed by atoms with Crippen LogP contribution in [0.3, 0.4) is 0 Å². The molecule has 0 atom stereocenters. The maximum Gasteiger partial charge on any atom is 0.193 e. The molecule has 0 heterocycles. The van der Waals surface area contributed by atoms with Gasteiger partial charge in [-0.15, -0.1) is 24.0 Å². The first-order chi connectivity index (χ1) is 11.1. The average Bonchev–Trinajstić information content (AvgIpc) is 2.56. The lowest BCUT2D eigenvalue weighted by atomic mass is 10.2. The molecule has 0 unspecified atom stereocenters. The molecule has 0 fully saturated rings. The largest absolute Gasteiger partial charge is 0.356 e. The van der Waals surface area contributed by atoms with Crippen molar-refractivity contribution in [1.29, 1.82) is 0 Å². The Kier molecular flexibility index (Phi) is 13.7. The fraction of sp³-hybridized carbons (Fsp3) is 0.611. The van der Waals surface area contributed by atoms with Gasteiger partial charge in [0.1, 0.15) is 0 Å². The van der Waals surface area contributed by atoms with Crippen molar-refractivity contribution in [3.63, 3.8) is 0 Å². The first-order valence-corrected chi connectivity index (χ1v) is 9.28. The van der Waals surface area contributed by atoms with Crippen LogP contribution >= 0.6 is 39.9 Å². The zero-order valence-electron chi connectivity index (χ0n) is 15.4. The van der Waals surface area contributed by atoms with Crippen molar-refractivity contribution in [3.05, 3.63) is 34.3 Å². The first-order valence-electron chi connectivity index (χ1n) is 8.49. The molecule has 138 valence electrons. The molecule has 6 heteroatoms. The molecule has 0 aromatic heterocycles. The monoisotopic (exact) mass is 510 g/mol. The number of halogens is 2. The summed E-state index contributed by atoms with van der Waals surface area (Å²) in [5, 5.41) is 3.46. The Balaban J connectivity index is 0.00000529. The molecule has 24 heavy (non-hydrogen) atoms. The summed E-state index contributed by atoms with van der Waals surface area (Å²) in [6.07, 6.45) is 2.39. The highest BCUT2D eigenvalue weighted by molar-refractivity contribution is 14.0. The Morgan fingerprint density at radius 1 is 1.12 bits per heavy atom. The van der Waals surface area contributed by atoms with Gasteiger partial charge in [0.25, 0.3) is 0 Å². The van der Waals surface area contributed by atoms with Crippen LogP contribution in [0.2, 0.25) is 0 Å². The summed E-state index contributed by atoms with van der Waals surface area (Å²) < 4.78 is 1.11. The van der Waals surface area contributed by atoms with E-state index in [1.807, 2.05) is 7.05 Å². The van der Waals surface area contributed by atoms with Gasteiger partial charge in [0, 0.05) is 31.7 Å². The van der Waals surface area contributed by atoms with E-state index in [9.17, 15) is 0 Å². The van der Waals surface area contributed by atoms with Crippen molar-refractivity contribution in [2.24, 2.45) is 4.99 Å². The van der Waals surface area contributed by atoms with Gasteiger partial charge in [0.2, 0.25) is 0 Å². The minimum absolute atomic E-state index is 0. The molecule has 0 amide bonds. The molecule has 0 bridgehead atoms. The maximum atomic E-state index is 4.38. The maximum absolute atomic E-state index is 4.38. The van der Waals surface area contributed by atoms with Crippen LogP contribution < -0.4 is 5.32 Å². The van der Waals surface area contributed by atoms with E-state index < -0.39 is 0 Å². The summed E-state index contributed by atoms with van der Waals surface area (Å²) in [6, 6.07) is 8.43. The van der Waals surface area contributed by atoms with E-state index in [4.69, 9.17) is 0 Å². The van der Waals surface area contributed by atoms with Crippen molar-refractivity contribution in [3.8, 4) is 0 Å². The van der Waals surface area contributed by atoms with Gasteiger partial charge in [-0.1, -0.05) is 41.9 Å². The molecule has 1 N–H and O–H groups in total. The number of guanidine groups is 1. The number of nitrogens with zero attached hydrogens (tertiary/aromatic N) is 3. The molecule has 0 spiro atoms. The second kappa shape index (κ2) is 13.9. The van der Waals surface area contributed by atoms with Gasteiger partial charge >= 0.3 is 0 Å². The number of nitrogens with one attached hydrogen (secondary N) is 1. The lowest BCUT2D eigenvalue weighted by Gasteiger charge is -2.22. The molecule has 4 nitrogen and oxygen atoms in total. The van der Waals surface area contributed by atoms with Gasteiger partial charge in [0.15, 0.2) is 5.96 Å². The SMILES string of the molecule is CCN(CC)CCCCNC(=NC)N(C)Cc1ccc(Br)cc1.I. The smallest absolute Gasteiger partial charge is 0.193 e. The minimum Gasteiger partial charge on any atom is -0.356 e. The van der Waals surface area contributed by atoms with E-state index >= 15 is 0 Å². The van der Waals surface area contributed by atoms with Crippen LogP contribution in [0, 0.1) is 0 Å². The van der Waals surface area contributed by atoms with Gasteiger partial charge in [-0.3, -0.25) is 4.99 Å². The minimum atomic E-state index is 0. The van der Waals surface area contributed by atoms with E-state index in [-0.39, 0.29) is 24.0 Å². The Labute approximate surface area is 173 Å². The van der Waals surface area contributed by atoms with Crippen molar-refractivity contribution < 1.29 is 0 Å². The molecular formula is C18H32BrIN4. The van der Waals surface area contributed by atoms with Crippen LogP contribution in [-0.4, -0.2) is 56.0 Å². The molecule has 1 aromatic carbocycles. The zero-order chi connectivity index (χ0) is 17.1. The predicted octanol–water partition coefficient (Wildman–Crippen LogP) is 4.20. The van der Waals surface area contributed by atoms with Crippen molar-refractivity contribution in [2.45, 2.75) is 33.2 Å². The van der Waals surface area contributed by atoms with E-state index in [1.54, 1.807) is 0 Å². The molecule has 0 aliphatic heterocycles. The van der Waals surface area contributed by atoms with E-state index in [1.165, 1.54) is 24.9 Å². The fourth-order valence-electron chi connectivity index (χ4n) is 2.52. The second-order valence-electron chi connectivity index (χ2n) is 5.69. The lowest BCUT2D eigenvalue weighted by molar-refractivity contribution is 0.297. The van der Waals surface area contributed by atoms with Gasteiger partial charge in [-0.25, -0.2) is 0 Å². The second-order valence-corrected chi connectivity index (χ2v) is 6.61. The fourth-order valence-corrected chi connectivity index (χ4v) is 2.79. The molecular weight excluding hydrogens is 479 g/mol. The number of aliphatic imine (C=N–C) groups is 1. The summed E-state index contributed by atoms with van der Waals surface area (Å²) in [4.78, 5) is 9.01. The van der Waals surface area contributed by atoms with E-state index in [0.29, 0.717) is 0 Å². The number of benzene rings is 1. The molecule has 1 rings (SSSR count). The van der Waals surface area contributed by atoms with Gasteiger partial charge in [0.05, 0.1) is 0 Å². The highest BCUT2D eigenvalue weighted by Crippen LogP contribution is 2.11. The molecule has 0 saturated carbocycles. The zero-order valence-corrected chi connectivity index (χ0v) is 19.3. The third-order valence-electron chi connectivity index (χ3n) is 3.99. The Morgan fingerprint density at radius 2 is 1.75 bits per heavy atom. The summed E-state index contributed by atoms with van der Waals surface area (Å²) in [6.45, 7) is 9.73. The molecule has 0 aliphatic rings. The quantitative estimate of drug-likeness (QED) is 0.234. The standard InChI is InChI=1S/C18H31BrN4.HI/c1-5-23(6-2)14-8-7-13-21-18(20-3)22(4)15-16-9-11-17(19)12-10-16;/h9-12H,5-8,13-15H2,1-4H3,(H,20,21);1H. The number of hydrogen-bond donors (Lipinski definition) is 1. The van der Waals surface area contributed by atoms with Crippen molar-refractivity contribution in [2.75, 3.05) is 40.3 Å². The van der Waals surface area contributed by atoms with Gasteiger partial charge in [-0.05, 0) is 50.2 Å². The van der Waals surface area contributed by atoms with Crippen molar-refractivity contribution in [1.82, 2.24) is 15.1 Å². The normalized spacial score (nSPS) is 11.3. The van der Waals surface area contributed by atoms with Crippen LogP contribution in [0.1, 0.15) is 32.3 Å². The number of rotatable bonds is 9. The third kappa shape index (κ3) is 9.22. The van der Waals surface area contributed by atoms with E-state index in [0.717, 1.165) is 36.6 Å². The topological polar surface area (TPSA) is 30.9 Å². The third-order valence-corrected chi connectivity index (χ3v) is 4.51. The Hall–Kier alpha value is -0.340. The van der Waals surface area contributed by atoms with Crippen LogP contribution in [0.5, 0.6) is 0 Å². The van der Waals surface area contributed by atoms with Gasteiger partial charge < -0.3 is 15.1 Å². The Morgan fingerprint density at radius 3 is 2.29 bits per heavy atom. The number of hydrogen-bond acceptors (Lipinski definition) is 2. The van der Waals surface area contributed by atoms with E-state index in [2.05, 4.69) is 81.2 Å². The lowest BCUT2D eigenvalue weighted by Crippen LogP contribution is -2.39.